The highest BCUT2D eigenvalue weighted by Gasteiger charge is 2.36. The van der Waals surface area contributed by atoms with Crippen LogP contribution >= 0.6 is 0 Å². The van der Waals surface area contributed by atoms with Gasteiger partial charge in [0, 0.05) is 25.4 Å². The van der Waals surface area contributed by atoms with Crippen LogP contribution in [0.15, 0.2) is 48.8 Å². The molecule has 0 saturated carbocycles. The molecule has 1 fully saturated rings. The van der Waals surface area contributed by atoms with Gasteiger partial charge < -0.3 is 19.1 Å². The molecule has 2 unspecified atom stereocenters. The molecule has 0 bridgehead atoms. The van der Waals surface area contributed by atoms with E-state index >= 15 is 0 Å². The van der Waals surface area contributed by atoms with Crippen LogP contribution in [0.3, 0.4) is 0 Å². The van der Waals surface area contributed by atoms with Crippen LogP contribution in [0, 0.1) is 5.92 Å². The first-order valence-electron chi connectivity index (χ1n) is 11.1. The second kappa shape index (κ2) is 9.05. The summed E-state index contributed by atoms with van der Waals surface area (Å²) in [5.74, 6) is 1.64. The lowest BCUT2D eigenvalue weighted by Crippen LogP contribution is -2.47. The predicted octanol–water partition coefficient (Wildman–Crippen LogP) is 3.29. The highest BCUT2D eigenvalue weighted by molar-refractivity contribution is 6.00. The van der Waals surface area contributed by atoms with E-state index in [4.69, 9.17) is 14.2 Å². The van der Waals surface area contributed by atoms with Crippen molar-refractivity contribution in [1.82, 2.24) is 14.9 Å². The van der Waals surface area contributed by atoms with Gasteiger partial charge in [0.05, 0.1) is 23.6 Å². The number of fused-ring (bicyclic) bond motifs is 2. The number of ether oxygens (including phenoxy) is 3. The third-order valence-corrected chi connectivity index (χ3v) is 6.33. The van der Waals surface area contributed by atoms with Crippen LogP contribution in [0.5, 0.6) is 17.4 Å². The van der Waals surface area contributed by atoms with E-state index < -0.39 is 0 Å². The van der Waals surface area contributed by atoms with Crippen LogP contribution in [0.25, 0.3) is 10.9 Å². The fourth-order valence-corrected chi connectivity index (χ4v) is 4.57. The molecule has 3 aromatic rings. The molecule has 5 rings (SSSR count). The molecule has 8 heteroatoms. The van der Waals surface area contributed by atoms with Crippen LogP contribution in [0.2, 0.25) is 0 Å². The van der Waals surface area contributed by atoms with Crippen LogP contribution in [0.4, 0.5) is 0 Å². The predicted molar refractivity (Wildman–Crippen MR) is 121 cm³/mol. The van der Waals surface area contributed by atoms with Crippen LogP contribution in [-0.2, 0) is 4.79 Å². The van der Waals surface area contributed by atoms with Gasteiger partial charge in [-0.3, -0.25) is 9.59 Å². The van der Waals surface area contributed by atoms with Gasteiger partial charge in [-0.25, -0.2) is 9.97 Å². The molecular formula is C25H25N3O5. The van der Waals surface area contributed by atoms with E-state index in [1.807, 2.05) is 24.3 Å². The van der Waals surface area contributed by atoms with Crippen molar-refractivity contribution in [2.75, 3.05) is 26.8 Å². The Hall–Kier alpha value is -3.68. The van der Waals surface area contributed by atoms with E-state index in [0.29, 0.717) is 42.5 Å². The highest BCUT2D eigenvalue weighted by atomic mass is 16.5. The first-order chi connectivity index (χ1) is 16.1. The van der Waals surface area contributed by atoms with Crippen LogP contribution in [-0.4, -0.2) is 59.5 Å². The van der Waals surface area contributed by atoms with Crippen LogP contribution in [0.1, 0.15) is 29.6 Å². The fraction of sp³-hybridized carbons (Fsp3) is 0.360. The van der Waals surface area contributed by atoms with E-state index in [2.05, 4.69) is 9.97 Å². The number of carbonyl (C=O) groups excluding carboxylic acids is 2. The van der Waals surface area contributed by atoms with Crippen molar-refractivity contribution >= 4 is 22.6 Å². The van der Waals surface area contributed by atoms with E-state index in [1.54, 1.807) is 30.2 Å². The third kappa shape index (κ3) is 4.33. The van der Waals surface area contributed by atoms with Crippen molar-refractivity contribution < 1.29 is 23.8 Å². The quantitative estimate of drug-likeness (QED) is 0.593. The molecule has 170 valence electrons. The number of piperidine rings is 1. The monoisotopic (exact) mass is 447 g/mol. The van der Waals surface area contributed by atoms with Gasteiger partial charge in [0.2, 0.25) is 5.88 Å². The van der Waals surface area contributed by atoms with Gasteiger partial charge in [0.25, 0.3) is 5.91 Å². The average Bonchev–Trinajstić information content (AvgIpc) is 2.87. The molecule has 3 heterocycles. The lowest BCUT2D eigenvalue weighted by molar-refractivity contribution is -0.136. The van der Waals surface area contributed by atoms with Crippen molar-refractivity contribution in [2.45, 2.75) is 25.4 Å². The third-order valence-electron chi connectivity index (χ3n) is 6.33. The Morgan fingerprint density at radius 1 is 1.21 bits per heavy atom. The first kappa shape index (κ1) is 21.2. The number of para-hydroxylation sites is 1. The fourth-order valence-electron chi connectivity index (χ4n) is 4.57. The molecule has 0 radical (unpaired) electrons. The summed E-state index contributed by atoms with van der Waals surface area (Å²) < 4.78 is 17.2. The van der Waals surface area contributed by atoms with Gasteiger partial charge >= 0.3 is 0 Å². The standard InChI is InChI=1S/C25H25N3O5/c1-31-17-8-9-22-19(11-17)21(29)12-23(33-22)16-5-4-10-28(13-16)24(30)14-32-25-18-6-2-3-7-20(18)26-15-27-25/h2-3,6-9,11,15-16,23H,4-5,10,12-14H2,1H3. The Morgan fingerprint density at radius 2 is 2.09 bits per heavy atom. The minimum Gasteiger partial charge on any atom is -0.497 e. The molecule has 0 aliphatic carbocycles. The van der Waals surface area contributed by atoms with Gasteiger partial charge in [-0.1, -0.05) is 12.1 Å². The topological polar surface area (TPSA) is 90.9 Å². The van der Waals surface area contributed by atoms with Crippen molar-refractivity contribution in [3.8, 4) is 17.4 Å². The summed E-state index contributed by atoms with van der Waals surface area (Å²) in [4.78, 5) is 35.8. The average molecular weight is 447 g/mol. The van der Waals surface area contributed by atoms with E-state index in [0.717, 1.165) is 23.7 Å². The number of carbonyl (C=O) groups is 2. The number of aromatic nitrogens is 2. The number of hydrogen-bond donors (Lipinski definition) is 0. The van der Waals surface area contributed by atoms with Gasteiger partial charge in [-0.05, 0) is 43.2 Å². The zero-order valence-electron chi connectivity index (χ0n) is 18.4. The molecule has 1 aromatic heterocycles. The van der Waals surface area contributed by atoms with Gasteiger partial charge in [0.15, 0.2) is 12.4 Å². The molecule has 2 aliphatic rings. The normalized spacial score (nSPS) is 20.2. The molecule has 2 aliphatic heterocycles. The number of rotatable bonds is 5. The van der Waals surface area contributed by atoms with Crippen molar-refractivity contribution in [3.05, 3.63) is 54.4 Å². The first-order valence-corrected chi connectivity index (χ1v) is 11.1. The summed E-state index contributed by atoms with van der Waals surface area (Å²) in [5, 5.41) is 0.772. The van der Waals surface area contributed by atoms with Crippen molar-refractivity contribution in [3.63, 3.8) is 0 Å². The summed E-state index contributed by atoms with van der Waals surface area (Å²) in [6.07, 6.45) is 3.25. The maximum atomic E-state index is 12.9. The number of Topliss-reactive ketones (excluding diaryl/α,β-unsaturated/α-hetero) is 1. The number of hydrogen-bond acceptors (Lipinski definition) is 7. The second-order valence-corrected chi connectivity index (χ2v) is 8.37. The number of likely N-dealkylation sites (tertiary alicyclic amines) is 1. The lowest BCUT2D eigenvalue weighted by Gasteiger charge is -2.38. The Balaban J connectivity index is 1.23. The highest BCUT2D eigenvalue weighted by Crippen LogP contribution is 2.35. The number of nitrogens with zero attached hydrogens (tertiary/aromatic N) is 3. The van der Waals surface area contributed by atoms with E-state index in [9.17, 15) is 9.59 Å². The second-order valence-electron chi connectivity index (χ2n) is 8.37. The Kier molecular flexibility index (Phi) is 5.81. The van der Waals surface area contributed by atoms with Gasteiger partial charge in [-0.15, -0.1) is 0 Å². The summed E-state index contributed by atoms with van der Waals surface area (Å²) in [6, 6.07) is 12.8. The maximum Gasteiger partial charge on any atom is 0.260 e. The zero-order valence-corrected chi connectivity index (χ0v) is 18.4. The summed E-state index contributed by atoms with van der Waals surface area (Å²) in [5.41, 5.74) is 1.32. The summed E-state index contributed by atoms with van der Waals surface area (Å²) >= 11 is 0. The Bertz CT molecular complexity index is 1190. The van der Waals surface area contributed by atoms with Crippen LogP contribution < -0.4 is 14.2 Å². The number of benzene rings is 2. The molecule has 0 N–H and O–H groups in total. The Labute approximate surface area is 191 Å². The van der Waals surface area contributed by atoms with E-state index in [-0.39, 0.29) is 30.3 Å². The SMILES string of the molecule is COc1ccc2c(c1)C(=O)CC(C1CCCN(C(=O)COc3ncnc4ccccc34)C1)O2. The molecule has 1 saturated heterocycles. The number of ketones is 1. The molecule has 1 amide bonds. The molecule has 2 atom stereocenters. The summed E-state index contributed by atoms with van der Waals surface area (Å²) in [6.45, 7) is 1.11. The largest absolute Gasteiger partial charge is 0.497 e. The van der Waals surface area contributed by atoms with E-state index in [1.165, 1.54) is 6.33 Å². The number of amides is 1. The minimum absolute atomic E-state index is 0.0440. The molecule has 8 nitrogen and oxygen atoms in total. The maximum absolute atomic E-state index is 12.9. The molecular weight excluding hydrogens is 422 g/mol. The molecule has 2 aromatic carbocycles. The lowest BCUT2D eigenvalue weighted by atomic mass is 9.87. The zero-order chi connectivity index (χ0) is 22.8. The summed E-state index contributed by atoms with van der Waals surface area (Å²) in [7, 11) is 1.57. The molecule has 33 heavy (non-hydrogen) atoms. The van der Waals surface area contributed by atoms with Crippen molar-refractivity contribution in [2.24, 2.45) is 5.92 Å². The van der Waals surface area contributed by atoms with Gasteiger partial charge in [0.1, 0.15) is 23.9 Å². The minimum atomic E-state index is -0.249. The van der Waals surface area contributed by atoms with Crippen molar-refractivity contribution in [1.29, 1.82) is 0 Å². The number of methoxy groups -OCH3 is 1. The molecule has 0 spiro atoms. The van der Waals surface area contributed by atoms with Gasteiger partial charge in [-0.2, -0.15) is 0 Å². The smallest absolute Gasteiger partial charge is 0.260 e. The Morgan fingerprint density at radius 3 is 2.97 bits per heavy atom.